The summed E-state index contributed by atoms with van der Waals surface area (Å²) in [5, 5.41) is 6.21. The number of guanidine groups is 1. The van der Waals surface area contributed by atoms with Gasteiger partial charge >= 0.3 is 0 Å². The van der Waals surface area contributed by atoms with Crippen LogP contribution in [0.2, 0.25) is 0 Å². The third-order valence-electron chi connectivity index (χ3n) is 2.83. The molecule has 0 bridgehead atoms. The Morgan fingerprint density at radius 3 is 2.52 bits per heavy atom. The lowest BCUT2D eigenvalue weighted by Crippen LogP contribution is -2.39. The lowest BCUT2D eigenvalue weighted by molar-refractivity contribution is 0.584. The molecule has 0 saturated carbocycles. The van der Waals surface area contributed by atoms with Gasteiger partial charge in [-0.15, -0.1) is 24.0 Å². The number of nitrogens with zero attached hydrogens (tertiary/aromatic N) is 1. The van der Waals surface area contributed by atoms with Crippen LogP contribution in [0.4, 0.5) is 4.39 Å². The van der Waals surface area contributed by atoms with Gasteiger partial charge in [0, 0.05) is 26.7 Å². The zero-order valence-electron chi connectivity index (χ0n) is 13.3. The molecule has 0 saturated heterocycles. The van der Waals surface area contributed by atoms with E-state index in [1.54, 1.807) is 13.1 Å². The molecule has 0 heterocycles. The Bertz CT molecular complexity index is 596. The second-order valence-corrected chi connectivity index (χ2v) is 6.66. The summed E-state index contributed by atoms with van der Waals surface area (Å²) in [5.74, 6) is 0.397. The van der Waals surface area contributed by atoms with E-state index in [1.807, 2.05) is 6.07 Å². The van der Waals surface area contributed by atoms with Crippen molar-refractivity contribution in [1.29, 1.82) is 0 Å². The normalized spacial score (nSPS) is 11.7. The van der Waals surface area contributed by atoms with Crippen LogP contribution in [0.5, 0.6) is 0 Å². The van der Waals surface area contributed by atoms with Gasteiger partial charge in [-0.25, -0.2) is 17.5 Å². The van der Waals surface area contributed by atoms with Gasteiger partial charge in [0.25, 0.3) is 0 Å². The molecule has 0 fully saturated rings. The van der Waals surface area contributed by atoms with Gasteiger partial charge in [-0.2, -0.15) is 0 Å². The van der Waals surface area contributed by atoms with Gasteiger partial charge in [-0.3, -0.25) is 4.99 Å². The number of hydrogen-bond acceptors (Lipinski definition) is 3. The summed E-state index contributed by atoms with van der Waals surface area (Å²) in [6, 6.07) is 6.49. The Labute approximate surface area is 154 Å². The second-order valence-electron chi connectivity index (χ2n) is 4.83. The van der Waals surface area contributed by atoms with Crippen LogP contribution in [0.1, 0.15) is 12.0 Å². The van der Waals surface area contributed by atoms with Crippen molar-refractivity contribution in [1.82, 2.24) is 15.4 Å². The SMILES string of the molecule is CN=C(NCCCNS(C)(=O)=O)NCCc1cccc(F)c1.I. The third kappa shape index (κ3) is 11.3. The number of rotatable bonds is 8. The molecular formula is C14H24FIN4O2S. The van der Waals surface area contributed by atoms with Crippen LogP contribution in [0.25, 0.3) is 0 Å². The first-order valence-corrected chi connectivity index (χ1v) is 8.93. The largest absolute Gasteiger partial charge is 0.356 e. The lowest BCUT2D eigenvalue weighted by atomic mass is 10.1. The smallest absolute Gasteiger partial charge is 0.208 e. The van der Waals surface area contributed by atoms with E-state index in [1.165, 1.54) is 12.1 Å². The van der Waals surface area contributed by atoms with Crippen LogP contribution in [0.3, 0.4) is 0 Å². The summed E-state index contributed by atoms with van der Waals surface area (Å²) in [6.07, 6.45) is 2.47. The van der Waals surface area contributed by atoms with Crippen molar-refractivity contribution in [3.05, 3.63) is 35.6 Å². The molecule has 3 N–H and O–H groups in total. The van der Waals surface area contributed by atoms with Crippen molar-refractivity contribution in [3.8, 4) is 0 Å². The van der Waals surface area contributed by atoms with Gasteiger partial charge in [0.05, 0.1) is 6.26 Å². The second kappa shape index (κ2) is 11.6. The van der Waals surface area contributed by atoms with Gasteiger partial charge < -0.3 is 10.6 Å². The zero-order chi connectivity index (χ0) is 16.4. The minimum Gasteiger partial charge on any atom is -0.356 e. The molecule has 1 rings (SSSR count). The summed E-state index contributed by atoms with van der Waals surface area (Å²) in [5.41, 5.74) is 0.917. The molecule has 0 atom stereocenters. The van der Waals surface area contributed by atoms with Crippen LogP contribution in [-0.4, -0.2) is 47.3 Å². The highest BCUT2D eigenvalue weighted by Gasteiger charge is 2.01. The van der Waals surface area contributed by atoms with Crippen molar-refractivity contribution >= 4 is 40.0 Å². The highest BCUT2D eigenvalue weighted by molar-refractivity contribution is 14.0. The Morgan fingerprint density at radius 2 is 1.91 bits per heavy atom. The van der Waals surface area contributed by atoms with E-state index in [0.29, 0.717) is 38.4 Å². The average molecular weight is 458 g/mol. The molecule has 0 aromatic heterocycles. The van der Waals surface area contributed by atoms with E-state index < -0.39 is 10.0 Å². The Morgan fingerprint density at radius 1 is 1.22 bits per heavy atom. The maximum absolute atomic E-state index is 13.0. The molecule has 1 aromatic rings. The zero-order valence-corrected chi connectivity index (χ0v) is 16.4. The first-order chi connectivity index (χ1) is 10.4. The number of hydrogen-bond donors (Lipinski definition) is 3. The molecule has 1 aromatic carbocycles. The van der Waals surface area contributed by atoms with E-state index in [-0.39, 0.29) is 29.8 Å². The van der Waals surface area contributed by atoms with Crippen molar-refractivity contribution < 1.29 is 12.8 Å². The minimum atomic E-state index is -3.13. The van der Waals surface area contributed by atoms with Crippen LogP contribution in [0.15, 0.2) is 29.3 Å². The van der Waals surface area contributed by atoms with E-state index in [9.17, 15) is 12.8 Å². The van der Waals surface area contributed by atoms with E-state index in [0.717, 1.165) is 11.8 Å². The predicted molar refractivity (Wildman–Crippen MR) is 102 cm³/mol. The number of nitrogens with one attached hydrogen (secondary N) is 3. The molecule has 0 aliphatic rings. The van der Waals surface area contributed by atoms with Crippen LogP contribution >= 0.6 is 24.0 Å². The first-order valence-electron chi connectivity index (χ1n) is 7.04. The molecule has 0 spiro atoms. The molecule has 0 aliphatic heterocycles. The minimum absolute atomic E-state index is 0. The number of sulfonamides is 1. The molecule has 0 unspecified atom stereocenters. The lowest BCUT2D eigenvalue weighted by Gasteiger charge is -2.12. The number of benzene rings is 1. The monoisotopic (exact) mass is 458 g/mol. The van der Waals surface area contributed by atoms with Gasteiger partial charge in [0.1, 0.15) is 5.82 Å². The molecule has 23 heavy (non-hydrogen) atoms. The Hall–Kier alpha value is -0.940. The summed E-state index contributed by atoms with van der Waals surface area (Å²) in [7, 11) is -1.47. The van der Waals surface area contributed by atoms with E-state index >= 15 is 0 Å². The number of halogens is 2. The summed E-state index contributed by atoms with van der Waals surface area (Å²) in [4.78, 5) is 4.06. The highest BCUT2D eigenvalue weighted by Crippen LogP contribution is 2.03. The van der Waals surface area contributed by atoms with Gasteiger partial charge in [-0.05, 0) is 30.5 Å². The summed E-state index contributed by atoms with van der Waals surface area (Å²) in [6.45, 7) is 1.61. The van der Waals surface area contributed by atoms with Gasteiger partial charge in [-0.1, -0.05) is 12.1 Å². The molecule has 9 heteroatoms. The molecule has 0 radical (unpaired) electrons. The molecular weight excluding hydrogens is 434 g/mol. The van der Waals surface area contributed by atoms with Crippen LogP contribution < -0.4 is 15.4 Å². The van der Waals surface area contributed by atoms with Crippen molar-refractivity contribution in [2.24, 2.45) is 4.99 Å². The molecule has 132 valence electrons. The first kappa shape index (κ1) is 22.1. The maximum Gasteiger partial charge on any atom is 0.208 e. The van der Waals surface area contributed by atoms with Crippen molar-refractivity contribution in [2.45, 2.75) is 12.8 Å². The summed E-state index contributed by atoms with van der Waals surface area (Å²) < 4.78 is 37.2. The highest BCUT2D eigenvalue weighted by atomic mass is 127. The topological polar surface area (TPSA) is 82.6 Å². The fourth-order valence-electron chi connectivity index (χ4n) is 1.79. The van der Waals surface area contributed by atoms with Gasteiger partial charge in [0.15, 0.2) is 5.96 Å². The van der Waals surface area contributed by atoms with Crippen LogP contribution in [-0.2, 0) is 16.4 Å². The molecule has 6 nitrogen and oxygen atoms in total. The third-order valence-corrected chi connectivity index (χ3v) is 3.56. The quantitative estimate of drug-likeness (QED) is 0.236. The van der Waals surface area contributed by atoms with Crippen LogP contribution in [0, 0.1) is 5.82 Å². The predicted octanol–water partition coefficient (Wildman–Crippen LogP) is 1.09. The Kier molecular flexibility index (Phi) is 11.1. The average Bonchev–Trinajstić information content (AvgIpc) is 2.44. The van der Waals surface area contributed by atoms with Gasteiger partial charge in [0.2, 0.25) is 10.0 Å². The number of aliphatic imine (C=N–C) groups is 1. The standard InChI is InChI=1S/C14H23FN4O2S.HI/c1-16-14(17-8-4-9-19-22(2,20)21)18-10-7-12-5-3-6-13(15)11-12;/h3,5-6,11,19H,4,7-10H2,1-2H3,(H2,16,17,18);1H. The van der Waals surface area contributed by atoms with E-state index in [2.05, 4.69) is 20.3 Å². The fraction of sp³-hybridized carbons (Fsp3) is 0.500. The van der Waals surface area contributed by atoms with E-state index in [4.69, 9.17) is 0 Å². The van der Waals surface area contributed by atoms with Crippen molar-refractivity contribution in [2.75, 3.05) is 32.9 Å². The maximum atomic E-state index is 13.0. The Balaban J connectivity index is 0.00000484. The molecule has 0 amide bonds. The fourth-order valence-corrected chi connectivity index (χ4v) is 2.31. The summed E-state index contributed by atoms with van der Waals surface area (Å²) >= 11 is 0. The molecule has 0 aliphatic carbocycles. The van der Waals surface area contributed by atoms with Crippen molar-refractivity contribution in [3.63, 3.8) is 0 Å².